The number of halogens is 3. The molecule has 2 fully saturated rings. The second-order valence-electron chi connectivity index (χ2n) is 7.75. The number of aromatic amines is 1. The van der Waals surface area contributed by atoms with E-state index in [1.54, 1.807) is 12.1 Å². The van der Waals surface area contributed by atoms with E-state index in [0.717, 1.165) is 24.5 Å². The molecule has 1 atom stereocenters. The number of benzene rings is 1. The zero-order valence-corrected chi connectivity index (χ0v) is 15.9. The fraction of sp³-hybridized carbons (Fsp3) is 0.364. The van der Waals surface area contributed by atoms with Crippen molar-refractivity contribution in [2.45, 2.75) is 50.7 Å². The van der Waals surface area contributed by atoms with E-state index in [0.29, 0.717) is 35.6 Å². The zero-order valence-electron chi connectivity index (χ0n) is 15.9. The Kier molecular flexibility index (Phi) is 4.84. The molecule has 29 heavy (non-hydrogen) atoms. The second-order valence-corrected chi connectivity index (χ2v) is 7.75. The summed E-state index contributed by atoms with van der Waals surface area (Å²) in [7, 11) is 0. The first-order chi connectivity index (χ1) is 13.7. The Morgan fingerprint density at radius 3 is 2.41 bits per heavy atom. The van der Waals surface area contributed by atoms with E-state index >= 15 is 0 Å². The van der Waals surface area contributed by atoms with E-state index in [2.05, 4.69) is 10.3 Å². The summed E-state index contributed by atoms with van der Waals surface area (Å²) in [6.45, 7) is 1.42. The highest BCUT2D eigenvalue weighted by Crippen LogP contribution is 2.38. The van der Waals surface area contributed by atoms with Crippen molar-refractivity contribution in [1.82, 2.24) is 10.3 Å². The van der Waals surface area contributed by atoms with Crippen LogP contribution in [0.25, 0.3) is 5.57 Å². The molecule has 1 aliphatic heterocycles. The molecule has 1 aliphatic carbocycles. The number of H-pyrrole nitrogens is 1. The van der Waals surface area contributed by atoms with E-state index in [1.165, 1.54) is 19.1 Å². The number of carbonyl (C=O) groups excluding carboxylic acids is 1. The molecule has 1 amide bonds. The minimum atomic E-state index is -4.42. The molecule has 7 heteroatoms. The van der Waals surface area contributed by atoms with Crippen molar-refractivity contribution in [3.63, 3.8) is 0 Å². The van der Waals surface area contributed by atoms with Gasteiger partial charge in [0, 0.05) is 29.3 Å². The molecule has 0 radical (unpaired) electrons. The molecule has 0 unspecified atom stereocenters. The van der Waals surface area contributed by atoms with Crippen LogP contribution in [0.15, 0.2) is 41.2 Å². The van der Waals surface area contributed by atoms with Gasteiger partial charge in [0.25, 0.3) is 5.56 Å². The van der Waals surface area contributed by atoms with Crippen molar-refractivity contribution in [2.75, 3.05) is 0 Å². The summed E-state index contributed by atoms with van der Waals surface area (Å²) in [5.41, 5.74) is 1.68. The maximum atomic E-state index is 13.1. The number of alkyl halides is 3. The Hall–Kier alpha value is -2.83. The number of rotatable bonds is 4. The van der Waals surface area contributed by atoms with Crippen LogP contribution < -0.4 is 10.9 Å². The summed E-state index contributed by atoms with van der Waals surface area (Å²) in [6.07, 6.45) is 0.389. The number of aryl methyl sites for hydroxylation is 1. The molecule has 152 valence electrons. The lowest BCUT2D eigenvalue weighted by molar-refractivity contribution is -0.138. The molecule has 2 N–H and O–H groups in total. The predicted octanol–water partition coefficient (Wildman–Crippen LogP) is 4.29. The van der Waals surface area contributed by atoms with Gasteiger partial charge in [-0.15, -0.1) is 0 Å². The van der Waals surface area contributed by atoms with Crippen LogP contribution >= 0.6 is 0 Å². The van der Waals surface area contributed by atoms with Gasteiger partial charge in [-0.3, -0.25) is 9.59 Å². The van der Waals surface area contributed by atoms with Gasteiger partial charge >= 0.3 is 6.18 Å². The lowest BCUT2D eigenvalue weighted by Crippen LogP contribution is -2.24. The summed E-state index contributed by atoms with van der Waals surface area (Å²) >= 11 is 0. The van der Waals surface area contributed by atoms with Gasteiger partial charge in [-0.05, 0) is 55.4 Å². The molecule has 1 saturated heterocycles. The van der Waals surface area contributed by atoms with Gasteiger partial charge in [0.05, 0.1) is 5.56 Å². The number of pyridine rings is 1. The van der Waals surface area contributed by atoms with Gasteiger partial charge in [0.15, 0.2) is 0 Å². The average Bonchev–Trinajstić information content (AvgIpc) is 3.40. The molecule has 4 nitrogen and oxygen atoms in total. The highest BCUT2D eigenvalue weighted by molar-refractivity contribution is 5.82. The monoisotopic (exact) mass is 402 g/mol. The number of nitrogens with one attached hydrogen (secondary N) is 2. The van der Waals surface area contributed by atoms with Crippen molar-refractivity contribution in [3.8, 4) is 0 Å². The molecule has 1 aromatic carbocycles. The number of aromatic nitrogens is 1. The third kappa shape index (κ3) is 4.13. The number of hydrogen-bond acceptors (Lipinski definition) is 2. The fourth-order valence-corrected chi connectivity index (χ4v) is 3.81. The molecular formula is C22H21F3N2O2. The van der Waals surface area contributed by atoms with Gasteiger partial charge in [0.1, 0.15) is 0 Å². The first-order valence-electron chi connectivity index (χ1n) is 9.65. The summed E-state index contributed by atoms with van der Waals surface area (Å²) < 4.78 is 39.4. The van der Waals surface area contributed by atoms with E-state index in [-0.39, 0.29) is 23.1 Å². The Labute approximate surface area is 165 Å². The van der Waals surface area contributed by atoms with Crippen LogP contribution in [0, 0.1) is 6.92 Å². The molecule has 0 spiro atoms. The van der Waals surface area contributed by atoms with Crippen LogP contribution in [0.3, 0.4) is 0 Å². The SMILES string of the molecule is Cc1cc(/C(=C\[C@H]2CCC(=O)N2)c2ccc(C3CC3)c(=O)[nH]2)ccc1C(F)(F)F. The largest absolute Gasteiger partial charge is 0.416 e. The number of hydrogen-bond donors (Lipinski definition) is 2. The third-order valence-corrected chi connectivity index (χ3v) is 5.49. The summed E-state index contributed by atoms with van der Waals surface area (Å²) in [4.78, 5) is 27.0. The van der Waals surface area contributed by atoms with Crippen LogP contribution in [0.1, 0.15) is 59.5 Å². The Morgan fingerprint density at radius 2 is 1.86 bits per heavy atom. The maximum absolute atomic E-state index is 13.1. The summed E-state index contributed by atoms with van der Waals surface area (Å²) in [5, 5.41) is 2.84. The quantitative estimate of drug-likeness (QED) is 0.802. The van der Waals surface area contributed by atoms with Gasteiger partial charge in [-0.2, -0.15) is 13.2 Å². The standard InChI is InChI=1S/C22H21F3N2O2/c1-12-10-14(4-7-18(12)22(23,24)25)17(11-15-5-9-20(28)26-15)19-8-6-16(13-2-3-13)21(29)27-19/h4,6-8,10-11,13,15H,2-3,5,9H2,1H3,(H,26,28)(H,27,29)/b17-11+/t15-/m1/s1. The zero-order chi connectivity index (χ0) is 20.8. The fourth-order valence-electron chi connectivity index (χ4n) is 3.81. The second kappa shape index (κ2) is 7.21. The highest BCUT2D eigenvalue weighted by atomic mass is 19.4. The van der Waals surface area contributed by atoms with Crippen LogP contribution in [0.2, 0.25) is 0 Å². The average molecular weight is 402 g/mol. The lowest BCUT2D eigenvalue weighted by atomic mass is 9.95. The van der Waals surface area contributed by atoms with Crippen molar-refractivity contribution in [2.24, 2.45) is 0 Å². The van der Waals surface area contributed by atoms with E-state index in [1.807, 2.05) is 6.08 Å². The molecule has 4 rings (SSSR count). The minimum absolute atomic E-state index is 0.0632. The van der Waals surface area contributed by atoms with E-state index < -0.39 is 11.7 Å². The van der Waals surface area contributed by atoms with E-state index in [4.69, 9.17) is 0 Å². The molecule has 2 aromatic rings. The van der Waals surface area contributed by atoms with Gasteiger partial charge in [-0.1, -0.05) is 24.3 Å². The summed E-state index contributed by atoms with van der Waals surface area (Å²) in [6, 6.07) is 7.30. The minimum Gasteiger partial charge on any atom is -0.350 e. The topological polar surface area (TPSA) is 62.0 Å². The van der Waals surface area contributed by atoms with Crippen LogP contribution in [-0.4, -0.2) is 16.9 Å². The Morgan fingerprint density at radius 1 is 1.10 bits per heavy atom. The summed E-state index contributed by atoms with van der Waals surface area (Å²) in [5.74, 6) is 0.231. The third-order valence-electron chi connectivity index (χ3n) is 5.49. The number of carbonyl (C=O) groups is 1. The van der Waals surface area contributed by atoms with Gasteiger partial charge < -0.3 is 10.3 Å². The van der Waals surface area contributed by atoms with E-state index in [9.17, 15) is 22.8 Å². The highest BCUT2D eigenvalue weighted by Gasteiger charge is 2.32. The number of amides is 1. The molecular weight excluding hydrogens is 381 g/mol. The van der Waals surface area contributed by atoms with Gasteiger partial charge in [0.2, 0.25) is 5.91 Å². The molecule has 2 aliphatic rings. The van der Waals surface area contributed by atoms with Crippen LogP contribution in [0.5, 0.6) is 0 Å². The molecule has 2 heterocycles. The Bertz CT molecular complexity index is 1050. The molecule has 0 bridgehead atoms. The normalized spacial score (nSPS) is 20.1. The first kappa shape index (κ1) is 19.5. The predicted molar refractivity (Wildman–Crippen MR) is 103 cm³/mol. The smallest absolute Gasteiger partial charge is 0.350 e. The molecule has 1 aromatic heterocycles. The molecule has 1 saturated carbocycles. The van der Waals surface area contributed by atoms with Crippen molar-refractivity contribution < 1.29 is 18.0 Å². The van der Waals surface area contributed by atoms with Gasteiger partial charge in [-0.25, -0.2) is 0 Å². The first-order valence-corrected chi connectivity index (χ1v) is 9.65. The van der Waals surface area contributed by atoms with Crippen molar-refractivity contribution in [1.29, 1.82) is 0 Å². The van der Waals surface area contributed by atoms with Crippen LogP contribution in [-0.2, 0) is 11.0 Å². The lowest BCUT2D eigenvalue weighted by Gasteiger charge is -2.16. The van der Waals surface area contributed by atoms with Crippen LogP contribution in [0.4, 0.5) is 13.2 Å². The van der Waals surface area contributed by atoms with Crippen molar-refractivity contribution in [3.05, 3.63) is 74.7 Å². The Balaban J connectivity index is 1.78. The maximum Gasteiger partial charge on any atom is 0.416 e. The van der Waals surface area contributed by atoms with Crippen molar-refractivity contribution >= 4 is 11.5 Å².